The molecular formula is C23H27Cl2N3O2. The molecule has 0 radical (unpaired) electrons. The van der Waals surface area contributed by atoms with E-state index in [1.165, 1.54) is 0 Å². The molecule has 0 aliphatic carbocycles. The van der Waals surface area contributed by atoms with E-state index < -0.39 is 0 Å². The van der Waals surface area contributed by atoms with E-state index in [-0.39, 0.29) is 11.8 Å². The zero-order chi connectivity index (χ0) is 21.8. The van der Waals surface area contributed by atoms with Crippen molar-refractivity contribution in [3.05, 3.63) is 57.6 Å². The van der Waals surface area contributed by atoms with Gasteiger partial charge in [0.15, 0.2) is 0 Å². The Morgan fingerprint density at radius 2 is 1.73 bits per heavy atom. The van der Waals surface area contributed by atoms with Crippen molar-refractivity contribution in [3.63, 3.8) is 0 Å². The lowest BCUT2D eigenvalue weighted by Gasteiger charge is -2.37. The Labute approximate surface area is 187 Å². The third-order valence-corrected chi connectivity index (χ3v) is 5.84. The summed E-state index contributed by atoms with van der Waals surface area (Å²) in [7, 11) is 0. The van der Waals surface area contributed by atoms with Crippen LogP contribution in [0.15, 0.2) is 36.4 Å². The first-order chi connectivity index (χ1) is 14.2. The summed E-state index contributed by atoms with van der Waals surface area (Å²) in [6.45, 7) is 8.72. The molecule has 0 spiro atoms. The van der Waals surface area contributed by atoms with E-state index >= 15 is 0 Å². The Morgan fingerprint density at radius 3 is 2.37 bits per heavy atom. The van der Waals surface area contributed by atoms with Crippen LogP contribution in [0.4, 0.5) is 11.4 Å². The van der Waals surface area contributed by atoms with Crippen LogP contribution >= 0.6 is 23.2 Å². The fourth-order valence-corrected chi connectivity index (χ4v) is 3.84. The number of carbonyl (C=O) groups excluding carboxylic acids is 2. The second-order valence-corrected chi connectivity index (χ2v) is 8.89. The molecular weight excluding hydrogens is 421 g/mol. The highest BCUT2D eigenvalue weighted by molar-refractivity contribution is 6.32. The van der Waals surface area contributed by atoms with Crippen LogP contribution in [0.2, 0.25) is 10.0 Å². The number of carbonyl (C=O) groups is 2. The van der Waals surface area contributed by atoms with Gasteiger partial charge in [-0.2, -0.15) is 0 Å². The molecule has 2 aromatic carbocycles. The van der Waals surface area contributed by atoms with Crippen LogP contribution in [-0.4, -0.2) is 42.9 Å². The van der Waals surface area contributed by atoms with E-state index in [0.29, 0.717) is 59.8 Å². The quantitative estimate of drug-likeness (QED) is 0.680. The number of anilines is 2. The third kappa shape index (κ3) is 5.46. The van der Waals surface area contributed by atoms with Gasteiger partial charge in [0.1, 0.15) is 0 Å². The molecule has 0 bridgehead atoms. The predicted molar refractivity (Wildman–Crippen MR) is 124 cm³/mol. The van der Waals surface area contributed by atoms with Gasteiger partial charge in [-0.15, -0.1) is 0 Å². The normalized spacial score (nSPS) is 14.2. The van der Waals surface area contributed by atoms with E-state index in [0.717, 1.165) is 11.3 Å². The van der Waals surface area contributed by atoms with Crippen molar-refractivity contribution in [2.45, 2.75) is 27.2 Å². The lowest BCUT2D eigenvalue weighted by atomic mass is 10.1. The van der Waals surface area contributed by atoms with Gasteiger partial charge in [-0.1, -0.05) is 43.1 Å². The van der Waals surface area contributed by atoms with Gasteiger partial charge >= 0.3 is 0 Å². The average molecular weight is 448 g/mol. The highest BCUT2D eigenvalue weighted by Crippen LogP contribution is 2.31. The van der Waals surface area contributed by atoms with Crippen LogP contribution in [0.1, 0.15) is 36.2 Å². The number of nitrogens with one attached hydrogen (secondary N) is 1. The Morgan fingerprint density at radius 1 is 1.03 bits per heavy atom. The monoisotopic (exact) mass is 447 g/mol. The number of halogens is 2. The van der Waals surface area contributed by atoms with Crippen LogP contribution in [-0.2, 0) is 4.79 Å². The standard InChI is InChI=1S/C23H27Cl2N3O2/c1-15(2)12-22(29)28-10-8-27(9-11-28)21-7-6-18(24)14-20(21)26-23(30)17-5-4-16(3)19(25)13-17/h4-7,13-15H,8-12H2,1-3H3,(H,26,30). The van der Waals surface area contributed by atoms with Crippen molar-refractivity contribution in [3.8, 4) is 0 Å². The van der Waals surface area contributed by atoms with Gasteiger partial charge < -0.3 is 15.1 Å². The summed E-state index contributed by atoms with van der Waals surface area (Å²) in [5.74, 6) is 0.306. The van der Waals surface area contributed by atoms with Crippen molar-refractivity contribution in [2.75, 3.05) is 36.4 Å². The molecule has 1 fully saturated rings. The van der Waals surface area contributed by atoms with E-state index in [1.807, 2.05) is 30.0 Å². The molecule has 1 aliphatic rings. The second-order valence-electron chi connectivity index (χ2n) is 8.05. The van der Waals surface area contributed by atoms with Crippen molar-refractivity contribution in [2.24, 2.45) is 5.92 Å². The number of piperazine rings is 1. The SMILES string of the molecule is Cc1ccc(C(=O)Nc2cc(Cl)ccc2N2CCN(C(=O)CC(C)C)CC2)cc1Cl. The van der Waals surface area contributed by atoms with Crippen LogP contribution in [0.3, 0.4) is 0 Å². The number of aryl methyl sites for hydroxylation is 1. The first-order valence-corrected chi connectivity index (χ1v) is 10.9. The smallest absolute Gasteiger partial charge is 0.255 e. The summed E-state index contributed by atoms with van der Waals surface area (Å²) >= 11 is 12.4. The largest absolute Gasteiger partial charge is 0.366 e. The molecule has 160 valence electrons. The van der Waals surface area contributed by atoms with Crippen molar-refractivity contribution >= 4 is 46.4 Å². The maximum atomic E-state index is 12.8. The summed E-state index contributed by atoms with van der Waals surface area (Å²) in [5.41, 5.74) is 2.94. The number of benzene rings is 2. The maximum Gasteiger partial charge on any atom is 0.255 e. The molecule has 0 unspecified atom stereocenters. The molecule has 7 heteroatoms. The highest BCUT2D eigenvalue weighted by atomic mass is 35.5. The molecule has 0 saturated carbocycles. The molecule has 2 amide bonds. The number of nitrogens with zero attached hydrogens (tertiary/aromatic N) is 2. The minimum atomic E-state index is -0.244. The molecule has 30 heavy (non-hydrogen) atoms. The third-order valence-electron chi connectivity index (χ3n) is 5.20. The zero-order valence-corrected chi connectivity index (χ0v) is 19.1. The average Bonchev–Trinajstić information content (AvgIpc) is 2.70. The molecule has 5 nitrogen and oxygen atoms in total. The first-order valence-electron chi connectivity index (χ1n) is 10.1. The number of hydrogen-bond acceptors (Lipinski definition) is 3. The first kappa shape index (κ1) is 22.4. The Bertz CT molecular complexity index is 938. The van der Waals surface area contributed by atoms with E-state index in [1.54, 1.807) is 18.2 Å². The van der Waals surface area contributed by atoms with Crippen LogP contribution in [0.25, 0.3) is 0 Å². The summed E-state index contributed by atoms with van der Waals surface area (Å²) in [6, 6.07) is 10.7. The summed E-state index contributed by atoms with van der Waals surface area (Å²) in [6.07, 6.45) is 0.571. The lowest BCUT2D eigenvalue weighted by Crippen LogP contribution is -2.49. The predicted octanol–water partition coefficient (Wildman–Crippen LogP) is 5.25. The molecule has 1 saturated heterocycles. The number of rotatable bonds is 5. The van der Waals surface area contributed by atoms with Gasteiger partial charge in [0.05, 0.1) is 11.4 Å². The Balaban J connectivity index is 1.73. The topological polar surface area (TPSA) is 52.7 Å². The van der Waals surface area contributed by atoms with Crippen molar-refractivity contribution in [1.82, 2.24) is 4.90 Å². The second kappa shape index (κ2) is 9.71. The van der Waals surface area contributed by atoms with Gasteiger partial charge in [0.2, 0.25) is 5.91 Å². The van der Waals surface area contributed by atoms with Gasteiger partial charge in [-0.25, -0.2) is 0 Å². The Hall–Kier alpha value is -2.24. The summed E-state index contributed by atoms with van der Waals surface area (Å²) in [4.78, 5) is 29.2. The molecule has 1 N–H and O–H groups in total. The highest BCUT2D eigenvalue weighted by Gasteiger charge is 2.23. The number of amides is 2. The molecule has 0 aromatic heterocycles. The van der Waals surface area contributed by atoms with Gasteiger partial charge in [0, 0.05) is 48.2 Å². The van der Waals surface area contributed by atoms with Crippen molar-refractivity contribution in [1.29, 1.82) is 0 Å². The fourth-order valence-electron chi connectivity index (χ4n) is 3.49. The molecule has 0 atom stereocenters. The minimum absolute atomic E-state index is 0.200. The van der Waals surface area contributed by atoms with Crippen molar-refractivity contribution < 1.29 is 9.59 Å². The number of hydrogen-bond donors (Lipinski definition) is 1. The van der Waals surface area contributed by atoms with E-state index in [4.69, 9.17) is 23.2 Å². The van der Waals surface area contributed by atoms with Gasteiger partial charge in [-0.3, -0.25) is 9.59 Å². The lowest BCUT2D eigenvalue weighted by molar-refractivity contribution is -0.132. The zero-order valence-electron chi connectivity index (χ0n) is 17.5. The summed E-state index contributed by atoms with van der Waals surface area (Å²) in [5, 5.41) is 4.06. The fraction of sp³-hybridized carbons (Fsp3) is 0.391. The molecule has 1 aliphatic heterocycles. The minimum Gasteiger partial charge on any atom is -0.366 e. The summed E-state index contributed by atoms with van der Waals surface area (Å²) < 4.78 is 0. The van der Waals surface area contributed by atoms with Crippen LogP contribution in [0, 0.1) is 12.8 Å². The maximum absolute atomic E-state index is 12.8. The molecule has 1 heterocycles. The molecule has 3 rings (SSSR count). The van der Waals surface area contributed by atoms with E-state index in [9.17, 15) is 9.59 Å². The Kier molecular flexibility index (Phi) is 7.27. The van der Waals surface area contributed by atoms with Gasteiger partial charge in [0.25, 0.3) is 5.91 Å². The van der Waals surface area contributed by atoms with Gasteiger partial charge in [-0.05, 0) is 48.7 Å². The van der Waals surface area contributed by atoms with Crippen LogP contribution in [0.5, 0.6) is 0 Å². The molecule has 2 aromatic rings. The van der Waals surface area contributed by atoms with Crippen LogP contribution < -0.4 is 10.2 Å². The van der Waals surface area contributed by atoms with E-state index in [2.05, 4.69) is 24.1 Å².